The number of carbonyl (C=O) groups excluding carboxylic acids is 1. The Kier molecular flexibility index (Phi) is 5.71. The van der Waals surface area contributed by atoms with Crippen LogP contribution in [0.5, 0.6) is 0 Å². The van der Waals surface area contributed by atoms with Crippen molar-refractivity contribution in [1.82, 2.24) is 20.2 Å². The molecule has 1 aliphatic rings. The van der Waals surface area contributed by atoms with Crippen LogP contribution in [0.1, 0.15) is 20.3 Å². The Morgan fingerprint density at radius 3 is 2.88 bits per heavy atom. The summed E-state index contributed by atoms with van der Waals surface area (Å²) in [4.78, 5) is 25.3. The van der Waals surface area contributed by atoms with Gasteiger partial charge in [-0.3, -0.25) is 9.69 Å². The lowest BCUT2D eigenvalue weighted by molar-refractivity contribution is -0.122. The molecule has 1 aromatic carbocycles. The molecule has 0 spiro atoms. The number of amides is 1. The molecule has 6 nitrogen and oxygen atoms in total. The Hall–Kier alpha value is -1.92. The first kappa shape index (κ1) is 17.9. The molecule has 1 saturated heterocycles. The Balaban J connectivity index is 1.70. The molecule has 134 valence electrons. The van der Waals surface area contributed by atoms with E-state index >= 15 is 0 Å². The van der Waals surface area contributed by atoms with Gasteiger partial charge in [0.05, 0.1) is 12.1 Å². The van der Waals surface area contributed by atoms with Crippen LogP contribution in [-0.4, -0.2) is 59.5 Å². The molecule has 25 heavy (non-hydrogen) atoms. The van der Waals surface area contributed by atoms with E-state index in [0.29, 0.717) is 11.6 Å². The van der Waals surface area contributed by atoms with Gasteiger partial charge in [0.2, 0.25) is 5.91 Å². The molecule has 2 aromatic rings. The Bertz CT molecular complexity index is 751. The number of rotatable bonds is 4. The second kappa shape index (κ2) is 7.97. The zero-order valence-electron chi connectivity index (χ0n) is 14.7. The summed E-state index contributed by atoms with van der Waals surface area (Å²) >= 11 is 6.07. The monoisotopic (exact) mass is 361 g/mol. The fraction of sp³-hybridized carbons (Fsp3) is 0.500. The Morgan fingerprint density at radius 1 is 1.24 bits per heavy atom. The fourth-order valence-corrected chi connectivity index (χ4v) is 3.35. The maximum absolute atomic E-state index is 12.0. The van der Waals surface area contributed by atoms with Crippen LogP contribution in [0.25, 0.3) is 10.9 Å². The normalized spacial score (nSPS) is 16.2. The van der Waals surface area contributed by atoms with Crippen molar-refractivity contribution in [3.63, 3.8) is 0 Å². The van der Waals surface area contributed by atoms with Gasteiger partial charge in [0.1, 0.15) is 12.1 Å². The predicted molar refractivity (Wildman–Crippen MR) is 101 cm³/mol. The van der Waals surface area contributed by atoms with Gasteiger partial charge in [-0.15, -0.1) is 0 Å². The van der Waals surface area contributed by atoms with Crippen molar-refractivity contribution in [3.05, 3.63) is 29.5 Å². The lowest BCUT2D eigenvalue weighted by Crippen LogP contribution is -2.41. The summed E-state index contributed by atoms with van der Waals surface area (Å²) in [6, 6.07) is 5.89. The average Bonchev–Trinajstić information content (AvgIpc) is 2.78. The lowest BCUT2D eigenvalue weighted by Gasteiger charge is -2.23. The number of hydrogen-bond acceptors (Lipinski definition) is 5. The van der Waals surface area contributed by atoms with Gasteiger partial charge in [-0.2, -0.15) is 0 Å². The first-order valence-corrected chi connectivity index (χ1v) is 9.07. The van der Waals surface area contributed by atoms with Crippen LogP contribution in [0.4, 0.5) is 5.82 Å². The Morgan fingerprint density at radius 2 is 2.08 bits per heavy atom. The highest BCUT2D eigenvalue weighted by atomic mass is 35.5. The van der Waals surface area contributed by atoms with Gasteiger partial charge < -0.3 is 10.2 Å². The quantitative estimate of drug-likeness (QED) is 0.905. The van der Waals surface area contributed by atoms with Crippen molar-refractivity contribution < 1.29 is 4.79 Å². The summed E-state index contributed by atoms with van der Waals surface area (Å²) in [5, 5.41) is 4.64. The molecule has 0 saturated carbocycles. The fourth-order valence-electron chi connectivity index (χ4n) is 3.18. The SMILES string of the molecule is CC(C)NC(=O)CN1CCCN(c2ncnc3cc(Cl)ccc23)CC1. The third-order valence-corrected chi connectivity index (χ3v) is 4.52. The van der Waals surface area contributed by atoms with Gasteiger partial charge in [-0.1, -0.05) is 11.6 Å². The minimum atomic E-state index is 0.0885. The molecule has 0 bridgehead atoms. The summed E-state index contributed by atoms with van der Waals surface area (Å²) < 4.78 is 0. The number of halogens is 1. The van der Waals surface area contributed by atoms with Crippen molar-refractivity contribution in [3.8, 4) is 0 Å². The largest absolute Gasteiger partial charge is 0.355 e. The van der Waals surface area contributed by atoms with E-state index in [9.17, 15) is 4.79 Å². The molecule has 3 rings (SSSR count). The van der Waals surface area contributed by atoms with Gasteiger partial charge >= 0.3 is 0 Å². The highest BCUT2D eigenvalue weighted by Gasteiger charge is 2.19. The van der Waals surface area contributed by atoms with E-state index < -0.39 is 0 Å². The summed E-state index contributed by atoms with van der Waals surface area (Å²) in [5.41, 5.74) is 0.856. The van der Waals surface area contributed by atoms with Crippen molar-refractivity contribution in [2.24, 2.45) is 0 Å². The molecule has 1 amide bonds. The van der Waals surface area contributed by atoms with E-state index in [1.165, 1.54) is 0 Å². The number of carbonyl (C=O) groups is 1. The zero-order chi connectivity index (χ0) is 17.8. The topological polar surface area (TPSA) is 61.4 Å². The van der Waals surface area contributed by atoms with E-state index in [1.54, 1.807) is 6.33 Å². The smallest absolute Gasteiger partial charge is 0.234 e. The van der Waals surface area contributed by atoms with Gasteiger partial charge in [-0.25, -0.2) is 9.97 Å². The summed E-state index contributed by atoms with van der Waals surface area (Å²) in [6.07, 6.45) is 2.58. The minimum Gasteiger partial charge on any atom is -0.355 e. The van der Waals surface area contributed by atoms with E-state index in [4.69, 9.17) is 11.6 Å². The average molecular weight is 362 g/mol. The number of fused-ring (bicyclic) bond motifs is 1. The number of anilines is 1. The first-order chi connectivity index (χ1) is 12.0. The molecule has 0 aliphatic carbocycles. The second-order valence-corrected chi connectivity index (χ2v) is 7.13. The van der Waals surface area contributed by atoms with Crippen LogP contribution in [0.3, 0.4) is 0 Å². The zero-order valence-corrected chi connectivity index (χ0v) is 15.5. The molecule has 2 heterocycles. The maximum Gasteiger partial charge on any atom is 0.234 e. The van der Waals surface area contributed by atoms with E-state index in [0.717, 1.165) is 49.3 Å². The van der Waals surface area contributed by atoms with E-state index in [-0.39, 0.29) is 11.9 Å². The Labute approximate surface area is 153 Å². The standard InChI is InChI=1S/C18H24ClN5O/c1-13(2)22-17(25)11-23-6-3-7-24(9-8-23)18-15-5-4-14(19)10-16(15)20-12-21-18/h4-5,10,12-13H,3,6-9,11H2,1-2H3,(H,22,25). The van der Waals surface area contributed by atoms with Crippen LogP contribution in [0.2, 0.25) is 5.02 Å². The number of benzene rings is 1. The number of nitrogens with one attached hydrogen (secondary N) is 1. The van der Waals surface area contributed by atoms with Crippen molar-refractivity contribution in [2.45, 2.75) is 26.3 Å². The molecule has 0 atom stereocenters. The lowest BCUT2D eigenvalue weighted by atomic mass is 10.2. The molecule has 1 aromatic heterocycles. The van der Waals surface area contributed by atoms with E-state index in [2.05, 4.69) is 25.1 Å². The molecule has 0 unspecified atom stereocenters. The summed E-state index contributed by atoms with van der Waals surface area (Å²) in [6.45, 7) is 7.91. The van der Waals surface area contributed by atoms with Crippen molar-refractivity contribution >= 4 is 34.2 Å². The molecule has 0 radical (unpaired) electrons. The number of aromatic nitrogens is 2. The highest BCUT2D eigenvalue weighted by Crippen LogP contribution is 2.26. The minimum absolute atomic E-state index is 0.0885. The van der Waals surface area contributed by atoms with Crippen molar-refractivity contribution in [2.75, 3.05) is 37.6 Å². The van der Waals surface area contributed by atoms with Crippen LogP contribution in [0, 0.1) is 0 Å². The maximum atomic E-state index is 12.0. The second-order valence-electron chi connectivity index (χ2n) is 6.70. The molecular formula is C18H24ClN5O. The van der Waals surface area contributed by atoms with Crippen LogP contribution in [0.15, 0.2) is 24.5 Å². The molecule has 1 aliphatic heterocycles. The molecule has 1 N–H and O–H groups in total. The van der Waals surface area contributed by atoms with E-state index in [1.807, 2.05) is 32.0 Å². The highest BCUT2D eigenvalue weighted by molar-refractivity contribution is 6.31. The van der Waals surface area contributed by atoms with Gasteiger partial charge in [0, 0.05) is 42.6 Å². The number of hydrogen-bond donors (Lipinski definition) is 1. The summed E-state index contributed by atoms with van der Waals surface area (Å²) in [7, 11) is 0. The first-order valence-electron chi connectivity index (χ1n) is 8.70. The van der Waals surface area contributed by atoms with Gasteiger partial charge in [0.25, 0.3) is 0 Å². The summed E-state index contributed by atoms with van der Waals surface area (Å²) in [5.74, 6) is 1.03. The van der Waals surface area contributed by atoms with Gasteiger partial charge in [0.15, 0.2) is 0 Å². The van der Waals surface area contributed by atoms with Crippen LogP contribution < -0.4 is 10.2 Å². The third-order valence-electron chi connectivity index (χ3n) is 4.28. The predicted octanol–water partition coefficient (Wildman–Crippen LogP) is 2.32. The molecule has 1 fully saturated rings. The third kappa shape index (κ3) is 4.58. The van der Waals surface area contributed by atoms with Crippen LogP contribution in [-0.2, 0) is 4.79 Å². The number of nitrogens with zero attached hydrogens (tertiary/aromatic N) is 4. The molecular weight excluding hydrogens is 338 g/mol. The van der Waals surface area contributed by atoms with Crippen molar-refractivity contribution in [1.29, 1.82) is 0 Å². The van der Waals surface area contributed by atoms with Crippen LogP contribution >= 0.6 is 11.6 Å². The van der Waals surface area contributed by atoms with Gasteiger partial charge in [-0.05, 0) is 38.5 Å². The molecule has 7 heteroatoms.